The van der Waals surface area contributed by atoms with Crippen molar-refractivity contribution >= 4 is 11.4 Å². The van der Waals surface area contributed by atoms with Gasteiger partial charge in [-0.15, -0.1) is 0 Å². The summed E-state index contributed by atoms with van der Waals surface area (Å²) in [6, 6.07) is 17.6. The lowest BCUT2D eigenvalue weighted by Crippen LogP contribution is -2.48. The fraction of sp³-hybridized carbons (Fsp3) is 0.407. The van der Waals surface area contributed by atoms with Crippen molar-refractivity contribution in [1.29, 1.82) is 5.26 Å². The van der Waals surface area contributed by atoms with Crippen LogP contribution in [-0.4, -0.2) is 36.7 Å². The topological polar surface area (TPSA) is 67.1 Å². The maximum Gasteiger partial charge on any atom is 0.230 e. The first-order valence-electron chi connectivity index (χ1n) is 11.2. The molecule has 0 radical (unpaired) electrons. The number of hydrogen-bond donors (Lipinski definition) is 0. The minimum absolute atomic E-state index is 0.0152. The van der Waals surface area contributed by atoms with Crippen molar-refractivity contribution in [2.75, 3.05) is 18.6 Å². The maximum atomic E-state index is 9.15. The standard InChI is InChI=1S/C27H31N3O3/c1-26(2)14-21(15-27(3,4)33-26)32-25-18-30(23-8-6-7-9-24(23)31-5)17-22(29-25)20-12-10-19(16-28)11-13-20/h6-13,18,21H,14-15,17H2,1-5H3. The van der Waals surface area contributed by atoms with Crippen molar-refractivity contribution in [2.24, 2.45) is 4.99 Å². The van der Waals surface area contributed by atoms with Crippen LogP contribution in [0.3, 0.4) is 0 Å². The van der Waals surface area contributed by atoms with Gasteiger partial charge in [-0.3, -0.25) is 0 Å². The Morgan fingerprint density at radius 3 is 2.33 bits per heavy atom. The Kier molecular flexibility index (Phi) is 6.18. The molecule has 1 saturated heterocycles. The molecule has 0 spiro atoms. The SMILES string of the molecule is COc1ccccc1N1C=C(OC2CC(C)(C)OC(C)(C)C2)N=C(c2ccc(C#N)cc2)C1. The molecule has 33 heavy (non-hydrogen) atoms. The van der Waals surface area contributed by atoms with Gasteiger partial charge < -0.3 is 19.1 Å². The molecule has 6 heteroatoms. The van der Waals surface area contributed by atoms with Crippen LogP contribution in [0.15, 0.2) is 65.6 Å². The van der Waals surface area contributed by atoms with E-state index in [-0.39, 0.29) is 17.3 Å². The van der Waals surface area contributed by atoms with Crippen LogP contribution in [0.1, 0.15) is 51.7 Å². The summed E-state index contributed by atoms with van der Waals surface area (Å²) < 4.78 is 18.3. The van der Waals surface area contributed by atoms with Crippen LogP contribution in [0.2, 0.25) is 0 Å². The van der Waals surface area contributed by atoms with Crippen LogP contribution in [-0.2, 0) is 9.47 Å². The third-order valence-electron chi connectivity index (χ3n) is 5.85. The smallest absolute Gasteiger partial charge is 0.230 e. The molecule has 4 rings (SSSR count). The van der Waals surface area contributed by atoms with E-state index in [0.29, 0.717) is 18.0 Å². The Hall–Kier alpha value is -3.30. The van der Waals surface area contributed by atoms with E-state index in [1.54, 1.807) is 7.11 Å². The number of aliphatic imine (C=N–C) groups is 1. The highest BCUT2D eigenvalue weighted by molar-refractivity contribution is 6.05. The highest BCUT2D eigenvalue weighted by atomic mass is 16.5. The summed E-state index contributed by atoms with van der Waals surface area (Å²) >= 11 is 0. The number of rotatable bonds is 5. The number of hydrogen-bond acceptors (Lipinski definition) is 6. The Morgan fingerprint density at radius 2 is 1.70 bits per heavy atom. The van der Waals surface area contributed by atoms with Gasteiger partial charge in [0.25, 0.3) is 0 Å². The lowest BCUT2D eigenvalue weighted by atomic mass is 9.87. The van der Waals surface area contributed by atoms with Crippen LogP contribution in [0.4, 0.5) is 5.69 Å². The number of methoxy groups -OCH3 is 1. The van der Waals surface area contributed by atoms with Crippen molar-refractivity contribution in [3.05, 3.63) is 71.7 Å². The van der Waals surface area contributed by atoms with Crippen LogP contribution in [0.5, 0.6) is 5.75 Å². The average molecular weight is 446 g/mol. The van der Waals surface area contributed by atoms with Gasteiger partial charge >= 0.3 is 0 Å². The van der Waals surface area contributed by atoms with E-state index in [4.69, 9.17) is 24.5 Å². The maximum absolute atomic E-state index is 9.15. The molecule has 1 fully saturated rings. The first kappa shape index (κ1) is 22.9. The van der Waals surface area contributed by atoms with Gasteiger partial charge in [-0.1, -0.05) is 24.3 Å². The number of nitriles is 1. The summed E-state index contributed by atoms with van der Waals surface area (Å²) in [5.41, 5.74) is 2.84. The van der Waals surface area contributed by atoms with E-state index in [1.165, 1.54) is 0 Å². The fourth-order valence-electron chi connectivity index (χ4n) is 4.76. The number of ether oxygens (including phenoxy) is 3. The summed E-state index contributed by atoms with van der Waals surface area (Å²) in [7, 11) is 1.67. The van der Waals surface area contributed by atoms with Gasteiger partial charge in [-0.05, 0) is 57.5 Å². The molecule has 0 aromatic heterocycles. The van der Waals surface area contributed by atoms with Crippen molar-refractivity contribution in [3.8, 4) is 11.8 Å². The second-order valence-electron chi connectivity index (χ2n) is 9.78. The zero-order valence-corrected chi connectivity index (χ0v) is 20.0. The third-order valence-corrected chi connectivity index (χ3v) is 5.85. The quantitative estimate of drug-likeness (QED) is 0.614. The number of para-hydroxylation sites is 2. The predicted octanol–water partition coefficient (Wildman–Crippen LogP) is 5.43. The zero-order valence-electron chi connectivity index (χ0n) is 20.0. The molecule has 0 aliphatic carbocycles. The van der Waals surface area contributed by atoms with Crippen molar-refractivity contribution in [3.63, 3.8) is 0 Å². The molecule has 0 bridgehead atoms. The highest BCUT2D eigenvalue weighted by Crippen LogP contribution is 2.38. The Balaban J connectivity index is 1.68. The highest BCUT2D eigenvalue weighted by Gasteiger charge is 2.40. The van der Waals surface area contributed by atoms with Crippen molar-refractivity contribution < 1.29 is 14.2 Å². The molecule has 172 valence electrons. The summed E-state index contributed by atoms with van der Waals surface area (Å²) in [6.07, 6.45) is 3.49. The summed E-state index contributed by atoms with van der Waals surface area (Å²) in [5, 5.41) is 9.15. The molecule has 2 aliphatic rings. The summed E-state index contributed by atoms with van der Waals surface area (Å²) in [6.45, 7) is 8.97. The monoisotopic (exact) mass is 445 g/mol. The second-order valence-corrected chi connectivity index (χ2v) is 9.78. The predicted molar refractivity (Wildman–Crippen MR) is 129 cm³/mol. The lowest BCUT2D eigenvalue weighted by molar-refractivity contribution is -0.190. The van der Waals surface area contributed by atoms with Gasteiger partial charge in [-0.25, -0.2) is 4.99 Å². The van der Waals surface area contributed by atoms with Gasteiger partial charge in [-0.2, -0.15) is 5.26 Å². The average Bonchev–Trinajstić information content (AvgIpc) is 2.76. The van der Waals surface area contributed by atoms with E-state index in [9.17, 15) is 0 Å². The minimum Gasteiger partial charge on any atom is -0.495 e. The van der Waals surface area contributed by atoms with Gasteiger partial charge in [0, 0.05) is 12.8 Å². The Labute approximate surface area is 196 Å². The molecule has 2 aromatic rings. The van der Waals surface area contributed by atoms with E-state index in [0.717, 1.165) is 35.6 Å². The van der Waals surface area contributed by atoms with Crippen molar-refractivity contribution in [2.45, 2.75) is 57.8 Å². The van der Waals surface area contributed by atoms with Gasteiger partial charge in [0.15, 0.2) is 0 Å². The largest absolute Gasteiger partial charge is 0.495 e. The van der Waals surface area contributed by atoms with Gasteiger partial charge in [0.2, 0.25) is 5.88 Å². The van der Waals surface area contributed by atoms with Gasteiger partial charge in [0.1, 0.15) is 11.9 Å². The molecule has 2 heterocycles. The molecule has 0 unspecified atom stereocenters. The molecule has 6 nitrogen and oxygen atoms in total. The lowest BCUT2D eigenvalue weighted by Gasteiger charge is -2.45. The molecule has 0 N–H and O–H groups in total. The number of nitrogens with zero attached hydrogens (tertiary/aromatic N) is 3. The number of benzene rings is 2. The van der Waals surface area contributed by atoms with Crippen molar-refractivity contribution in [1.82, 2.24) is 0 Å². The summed E-state index contributed by atoms with van der Waals surface area (Å²) in [4.78, 5) is 6.98. The second kappa shape index (κ2) is 8.92. The molecule has 0 amide bonds. The van der Waals surface area contributed by atoms with E-state index < -0.39 is 0 Å². The normalized spacial score (nSPS) is 19.8. The van der Waals surface area contributed by atoms with E-state index >= 15 is 0 Å². The number of anilines is 1. The first-order chi connectivity index (χ1) is 15.7. The van der Waals surface area contributed by atoms with Crippen LogP contribution in [0.25, 0.3) is 0 Å². The first-order valence-corrected chi connectivity index (χ1v) is 11.2. The fourth-order valence-corrected chi connectivity index (χ4v) is 4.76. The molecule has 0 saturated carbocycles. The van der Waals surface area contributed by atoms with E-state index in [1.807, 2.05) is 54.7 Å². The zero-order chi connectivity index (χ0) is 23.6. The molecule has 2 aliphatic heterocycles. The molecular formula is C27H31N3O3. The molecule has 0 atom stereocenters. The van der Waals surface area contributed by atoms with Gasteiger partial charge in [0.05, 0.1) is 54.1 Å². The molecular weight excluding hydrogens is 414 g/mol. The summed E-state index contributed by atoms with van der Waals surface area (Å²) in [5.74, 6) is 1.34. The van der Waals surface area contributed by atoms with Crippen LogP contribution >= 0.6 is 0 Å². The minimum atomic E-state index is -0.274. The van der Waals surface area contributed by atoms with Crippen LogP contribution < -0.4 is 9.64 Å². The van der Waals surface area contributed by atoms with E-state index in [2.05, 4.69) is 38.7 Å². The Morgan fingerprint density at radius 1 is 1.03 bits per heavy atom. The Bertz CT molecular complexity index is 1090. The molecule has 2 aromatic carbocycles. The third kappa shape index (κ3) is 5.37. The van der Waals surface area contributed by atoms with Crippen LogP contribution in [0, 0.1) is 11.3 Å².